The molecule has 0 saturated carbocycles. The number of benzene rings is 1. The third-order valence-electron chi connectivity index (χ3n) is 2.40. The maximum Gasteiger partial charge on any atom is 0.178 e. The molecule has 2 rings (SSSR count). The second kappa shape index (κ2) is 4.03. The van der Waals surface area contributed by atoms with Gasteiger partial charge < -0.3 is 0 Å². The fourth-order valence-corrected chi connectivity index (χ4v) is 2.57. The van der Waals surface area contributed by atoms with Gasteiger partial charge >= 0.3 is 0 Å². The Kier molecular flexibility index (Phi) is 2.86. The molecule has 1 heterocycles. The summed E-state index contributed by atoms with van der Waals surface area (Å²) < 4.78 is 23.4. The van der Waals surface area contributed by atoms with Gasteiger partial charge in [0.15, 0.2) is 9.84 Å². The summed E-state index contributed by atoms with van der Waals surface area (Å²) in [5.74, 6) is 0.0797. The summed E-state index contributed by atoms with van der Waals surface area (Å²) in [6.07, 6.45) is 1.60. The van der Waals surface area contributed by atoms with Crippen LogP contribution in [0.2, 0.25) is 5.02 Å². The molecule has 0 aliphatic heterocycles. The molecule has 0 amide bonds. The number of hydrogen-bond acceptors (Lipinski definition) is 3. The van der Waals surface area contributed by atoms with E-state index in [0.29, 0.717) is 15.9 Å². The first kappa shape index (κ1) is 11.4. The Morgan fingerprint density at radius 1 is 1.31 bits per heavy atom. The van der Waals surface area contributed by atoms with E-state index in [1.807, 2.05) is 0 Å². The van der Waals surface area contributed by atoms with E-state index in [9.17, 15) is 8.42 Å². The molecule has 0 radical (unpaired) electrons. The molecule has 0 atom stereocenters. The van der Waals surface area contributed by atoms with Crippen molar-refractivity contribution in [2.45, 2.75) is 11.8 Å². The van der Waals surface area contributed by atoms with E-state index in [2.05, 4.69) is 4.98 Å². The van der Waals surface area contributed by atoms with Crippen molar-refractivity contribution in [3.8, 4) is 0 Å². The first-order chi connectivity index (χ1) is 7.54. The van der Waals surface area contributed by atoms with Crippen LogP contribution in [0.3, 0.4) is 0 Å². The van der Waals surface area contributed by atoms with Crippen molar-refractivity contribution in [2.75, 3.05) is 5.75 Å². The van der Waals surface area contributed by atoms with E-state index in [0.717, 1.165) is 0 Å². The molecule has 3 nitrogen and oxygen atoms in total. The van der Waals surface area contributed by atoms with Gasteiger partial charge in [0.2, 0.25) is 0 Å². The molecule has 5 heteroatoms. The summed E-state index contributed by atoms with van der Waals surface area (Å²) >= 11 is 5.99. The average molecular weight is 256 g/mol. The second-order valence-electron chi connectivity index (χ2n) is 3.38. The number of rotatable bonds is 2. The predicted molar refractivity (Wildman–Crippen MR) is 64.5 cm³/mol. The van der Waals surface area contributed by atoms with Crippen LogP contribution >= 0.6 is 11.6 Å². The minimum absolute atomic E-state index is 0.0797. The molecule has 0 saturated heterocycles. The number of fused-ring (bicyclic) bond motifs is 1. The monoisotopic (exact) mass is 255 g/mol. The fourth-order valence-electron chi connectivity index (χ4n) is 1.45. The first-order valence-corrected chi connectivity index (χ1v) is 6.84. The molecule has 0 aliphatic rings. The van der Waals surface area contributed by atoms with E-state index in [1.165, 1.54) is 0 Å². The zero-order valence-electron chi connectivity index (χ0n) is 8.64. The van der Waals surface area contributed by atoms with E-state index >= 15 is 0 Å². The normalized spacial score (nSPS) is 11.9. The highest BCUT2D eigenvalue weighted by Crippen LogP contribution is 2.24. The Hall–Kier alpha value is -1.13. The summed E-state index contributed by atoms with van der Waals surface area (Å²) in [6, 6.07) is 6.45. The third-order valence-corrected chi connectivity index (χ3v) is 4.46. The highest BCUT2D eigenvalue weighted by molar-refractivity contribution is 7.91. The molecule has 1 aromatic heterocycles. The molecule has 1 aromatic carbocycles. The summed E-state index contributed by atoms with van der Waals surface area (Å²) in [4.78, 5) is 4.40. The van der Waals surface area contributed by atoms with Gasteiger partial charge in [-0.2, -0.15) is 0 Å². The largest absolute Gasteiger partial charge is 0.256 e. The Balaban J connectivity index is 2.74. The van der Waals surface area contributed by atoms with Crippen molar-refractivity contribution < 1.29 is 8.42 Å². The lowest BCUT2D eigenvalue weighted by molar-refractivity contribution is 0.597. The van der Waals surface area contributed by atoms with Crippen LogP contribution in [0.5, 0.6) is 0 Å². The highest BCUT2D eigenvalue weighted by atomic mass is 35.5. The van der Waals surface area contributed by atoms with Gasteiger partial charge in [-0.3, -0.25) is 4.98 Å². The fraction of sp³-hybridized carbons (Fsp3) is 0.182. The van der Waals surface area contributed by atoms with Gasteiger partial charge in [0, 0.05) is 11.6 Å². The van der Waals surface area contributed by atoms with E-state index in [-0.39, 0.29) is 10.6 Å². The molecular formula is C11H10ClNO2S. The minimum Gasteiger partial charge on any atom is -0.256 e. The SMILES string of the molecule is CCS(=O)(=O)c1ccc2nccc(Cl)c2c1. The Labute approximate surface area is 99.0 Å². The number of pyridine rings is 1. The summed E-state index contributed by atoms with van der Waals surface area (Å²) in [5, 5.41) is 1.18. The maximum atomic E-state index is 11.7. The Morgan fingerprint density at radius 3 is 2.75 bits per heavy atom. The topological polar surface area (TPSA) is 47.0 Å². The highest BCUT2D eigenvalue weighted by Gasteiger charge is 2.12. The van der Waals surface area contributed by atoms with Gasteiger partial charge in [0.25, 0.3) is 0 Å². The van der Waals surface area contributed by atoms with Crippen LogP contribution in [0.15, 0.2) is 35.4 Å². The maximum absolute atomic E-state index is 11.7. The molecular weight excluding hydrogens is 246 g/mol. The number of hydrogen-bond donors (Lipinski definition) is 0. The van der Waals surface area contributed by atoms with Crippen LogP contribution < -0.4 is 0 Å². The van der Waals surface area contributed by atoms with Crippen molar-refractivity contribution in [2.24, 2.45) is 0 Å². The summed E-state index contributed by atoms with van der Waals surface area (Å²) in [7, 11) is -3.19. The van der Waals surface area contributed by atoms with Crippen LogP contribution in [-0.4, -0.2) is 19.2 Å². The number of aromatic nitrogens is 1. The summed E-state index contributed by atoms with van der Waals surface area (Å²) in [6.45, 7) is 1.62. The second-order valence-corrected chi connectivity index (χ2v) is 6.06. The Bertz CT molecular complexity index is 637. The molecule has 0 bridgehead atoms. The standard InChI is InChI=1S/C11H10ClNO2S/c1-2-16(14,15)8-3-4-11-9(7-8)10(12)5-6-13-11/h3-7H,2H2,1H3. The predicted octanol–water partition coefficient (Wildman–Crippen LogP) is 2.68. The lowest BCUT2D eigenvalue weighted by Crippen LogP contribution is -2.03. The average Bonchev–Trinajstić information content (AvgIpc) is 2.29. The number of nitrogens with zero attached hydrogens (tertiary/aromatic N) is 1. The van der Waals surface area contributed by atoms with Crippen LogP contribution in [0.1, 0.15) is 6.92 Å². The van der Waals surface area contributed by atoms with E-state index < -0.39 is 9.84 Å². The molecule has 84 valence electrons. The van der Waals surface area contributed by atoms with Crippen molar-refractivity contribution in [3.63, 3.8) is 0 Å². The summed E-state index contributed by atoms with van der Waals surface area (Å²) in [5.41, 5.74) is 0.697. The molecule has 16 heavy (non-hydrogen) atoms. The molecule has 0 aliphatic carbocycles. The van der Waals surface area contributed by atoms with Gasteiger partial charge in [-0.05, 0) is 24.3 Å². The van der Waals surface area contributed by atoms with E-state index in [1.54, 1.807) is 37.4 Å². The number of sulfone groups is 1. The third kappa shape index (κ3) is 1.90. The van der Waals surface area contributed by atoms with Crippen LogP contribution in [-0.2, 0) is 9.84 Å². The first-order valence-electron chi connectivity index (χ1n) is 4.81. The lowest BCUT2D eigenvalue weighted by Gasteiger charge is -2.04. The molecule has 0 spiro atoms. The van der Waals surface area contributed by atoms with Crippen LogP contribution in [0.25, 0.3) is 10.9 Å². The van der Waals surface area contributed by atoms with Crippen LogP contribution in [0, 0.1) is 0 Å². The zero-order valence-corrected chi connectivity index (χ0v) is 10.2. The van der Waals surface area contributed by atoms with Crippen molar-refractivity contribution in [3.05, 3.63) is 35.5 Å². The molecule has 0 N–H and O–H groups in total. The quantitative estimate of drug-likeness (QED) is 0.829. The van der Waals surface area contributed by atoms with Crippen molar-refractivity contribution in [1.29, 1.82) is 0 Å². The van der Waals surface area contributed by atoms with Gasteiger partial charge in [0.05, 0.1) is 21.2 Å². The minimum atomic E-state index is -3.19. The van der Waals surface area contributed by atoms with Gasteiger partial charge in [0.1, 0.15) is 0 Å². The van der Waals surface area contributed by atoms with Crippen molar-refractivity contribution in [1.82, 2.24) is 4.98 Å². The Morgan fingerprint density at radius 2 is 2.06 bits per heavy atom. The van der Waals surface area contributed by atoms with Gasteiger partial charge in [-0.1, -0.05) is 18.5 Å². The smallest absolute Gasteiger partial charge is 0.178 e. The molecule has 0 fully saturated rings. The number of halogens is 1. The lowest BCUT2D eigenvalue weighted by atomic mass is 10.2. The zero-order chi connectivity index (χ0) is 11.8. The van der Waals surface area contributed by atoms with E-state index in [4.69, 9.17) is 11.6 Å². The van der Waals surface area contributed by atoms with Crippen LogP contribution in [0.4, 0.5) is 0 Å². The molecule has 0 unspecified atom stereocenters. The van der Waals surface area contributed by atoms with Crippen molar-refractivity contribution >= 4 is 32.3 Å². The van der Waals surface area contributed by atoms with Gasteiger partial charge in [-0.25, -0.2) is 8.42 Å². The van der Waals surface area contributed by atoms with Gasteiger partial charge in [-0.15, -0.1) is 0 Å². The molecule has 2 aromatic rings.